The van der Waals surface area contributed by atoms with Crippen molar-refractivity contribution < 1.29 is 14.5 Å². The van der Waals surface area contributed by atoms with Gasteiger partial charge < -0.3 is 9.67 Å². The lowest BCUT2D eigenvalue weighted by molar-refractivity contribution is -0.112. The molecule has 0 aliphatic rings. The summed E-state index contributed by atoms with van der Waals surface area (Å²) in [6, 6.07) is 21.6. The van der Waals surface area contributed by atoms with E-state index in [2.05, 4.69) is 0 Å². The van der Waals surface area contributed by atoms with E-state index in [1.54, 1.807) is 36.4 Å². The van der Waals surface area contributed by atoms with Crippen molar-refractivity contribution in [3.05, 3.63) is 89.1 Å². The summed E-state index contributed by atoms with van der Waals surface area (Å²) in [5, 5.41) is 13.2. The highest BCUT2D eigenvalue weighted by Crippen LogP contribution is 2.43. The molecule has 1 heterocycles. The summed E-state index contributed by atoms with van der Waals surface area (Å²) < 4.78 is 13.8. The van der Waals surface area contributed by atoms with Gasteiger partial charge in [0.2, 0.25) is 0 Å². The Morgan fingerprint density at radius 2 is 1.48 bits per heavy atom. The molecule has 0 bridgehead atoms. The van der Waals surface area contributed by atoms with Gasteiger partial charge in [0.15, 0.2) is 12.9 Å². The Labute approximate surface area is 150 Å². The largest absolute Gasteiger partial charge is 0.506 e. The molecule has 3 rings (SSSR count). The first-order valence-electron chi connectivity index (χ1n) is 7.77. The lowest BCUT2D eigenvalue weighted by Gasteiger charge is -2.18. The second kappa shape index (κ2) is 7.64. The van der Waals surface area contributed by atoms with Crippen molar-refractivity contribution in [2.24, 2.45) is 0 Å². The molecule has 126 valence electrons. The summed E-state index contributed by atoms with van der Waals surface area (Å²) in [7, 11) is -3.12. The summed E-state index contributed by atoms with van der Waals surface area (Å²) in [5.74, 6) is -0.449. The fraction of sp³-hybridized carbons (Fsp3) is 0.0500. The lowest BCUT2D eigenvalue weighted by atomic mass is 10.3. The third-order valence-electron chi connectivity index (χ3n) is 3.80. The number of allylic oxidation sites excluding steroid dienone is 1. The minimum absolute atomic E-state index is 0.0901. The maximum Gasteiger partial charge on any atom is 0.167 e. The maximum atomic E-state index is 13.8. The fourth-order valence-electron chi connectivity index (χ4n) is 2.58. The van der Waals surface area contributed by atoms with Gasteiger partial charge in [-0.15, -0.1) is 11.3 Å². The zero-order valence-electron chi connectivity index (χ0n) is 13.4. The standard InChI is InChI=1S/C20H17O3PS/c21-16(14-19(22)20-12-7-13-25-20)15-24(23,17-8-3-1-4-9-17)18-10-5-2-6-11-18/h1-14,22H,15H2. The van der Waals surface area contributed by atoms with Crippen molar-refractivity contribution in [3.8, 4) is 0 Å². The molecule has 1 N–H and O–H groups in total. The molecule has 1 aromatic heterocycles. The zero-order valence-corrected chi connectivity index (χ0v) is 15.1. The van der Waals surface area contributed by atoms with E-state index in [1.807, 2.05) is 41.8 Å². The first-order valence-corrected chi connectivity index (χ1v) is 10.5. The van der Waals surface area contributed by atoms with E-state index in [1.165, 1.54) is 17.4 Å². The van der Waals surface area contributed by atoms with Crippen LogP contribution < -0.4 is 10.6 Å². The zero-order chi connectivity index (χ0) is 17.7. The predicted octanol–water partition coefficient (Wildman–Crippen LogP) is 4.23. The van der Waals surface area contributed by atoms with E-state index in [9.17, 15) is 14.5 Å². The van der Waals surface area contributed by atoms with Crippen molar-refractivity contribution in [2.45, 2.75) is 0 Å². The molecule has 0 unspecified atom stereocenters. The highest BCUT2D eigenvalue weighted by molar-refractivity contribution is 7.79. The summed E-state index contributed by atoms with van der Waals surface area (Å²) >= 11 is 1.34. The van der Waals surface area contributed by atoms with Crippen molar-refractivity contribution >= 4 is 40.6 Å². The van der Waals surface area contributed by atoms with Gasteiger partial charge in [0, 0.05) is 16.7 Å². The topological polar surface area (TPSA) is 54.4 Å². The number of hydrogen-bond acceptors (Lipinski definition) is 4. The highest BCUT2D eigenvalue weighted by Gasteiger charge is 2.29. The smallest absolute Gasteiger partial charge is 0.167 e. The minimum atomic E-state index is -3.12. The van der Waals surface area contributed by atoms with Gasteiger partial charge in [-0.05, 0) is 11.4 Å². The van der Waals surface area contributed by atoms with Gasteiger partial charge in [-0.25, -0.2) is 0 Å². The van der Waals surface area contributed by atoms with Gasteiger partial charge in [0.05, 0.1) is 11.0 Å². The maximum absolute atomic E-state index is 13.8. The van der Waals surface area contributed by atoms with E-state index >= 15 is 0 Å². The van der Waals surface area contributed by atoms with E-state index in [-0.39, 0.29) is 17.7 Å². The molecule has 0 atom stereocenters. The summed E-state index contributed by atoms with van der Waals surface area (Å²) in [6.45, 7) is 0. The number of hydrogen-bond donors (Lipinski definition) is 1. The van der Waals surface area contributed by atoms with Crippen LogP contribution in [0.4, 0.5) is 0 Å². The Bertz CT molecular complexity index is 873. The van der Waals surface area contributed by atoms with Crippen LogP contribution in [0.15, 0.2) is 84.3 Å². The number of carbonyl (C=O) groups is 1. The first kappa shape index (κ1) is 17.4. The fourth-order valence-corrected chi connectivity index (χ4v) is 5.72. The summed E-state index contributed by atoms with van der Waals surface area (Å²) in [5.41, 5.74) is 0. The van der Waals surface area contributed by atoms with Gasteiger partial charge in [-0.1, -0.05) is 66.7 Å². The Kier molecular flexibility index (Phi) is 5.32. The molecule has 0 amide bonds. The molecule has 5 heteroatoms. The molecule has 0 aliphatic carbocycles. The molecule has 3 nitrogen and oxygen atoms in total. The predicted molar refractivity (Wildman–Crippen MR) is 105 cm³/mol. The number of carbonyl (C=O) groups excluding carboxylic acids is 1. The second-order valence-corrected chi connectivity index (χ2v) is 9.32. The van der Waals surface area contributed by atoms with E-state index in [0.717, 1.165) is 0 Å². The van der Waals surface area contributed by atoms with Gasteiger partial charge >= 0.3 is 0 Å². The molecule has 0 aliphatic heterocycles. The highest BCUT2D eigenvalue weighted by atomic mass is 32.1. The van der Waals surface area contributed by atoms with Crippen LogP contribution in [0.25, 0.3) is 5.76 Å². The summed E-state index contributed by atoms with van der Waals surface area (Å²) in [4.78, 5) is 13.1. The van der Waals surface area contributed by atoms with Gasteiger partial charge in [0.1, 0.15) is 5.76 Å². The van der Waals surface area contributed by atoms with Crippen LogP contribution in [0.5, 0.6) is 0 Å². The van der Waals surface area contributed by atoms with Crippen LogP contribution in [0, 0.1) is 0 Å². The molecule has 2 aromatic carbocycles. The van der Waals surface area contributed by atoms with Gasteiger partial charge in [-0.3, -0.25) is 4.79 Å². The Hall–Kier alpha value is -2.42. The molecule has 3 aromatic rings. The number of rotatable bonds is 6. The monoisotopic (exact) mass is 368 g/mol. The van der Waals surface area contributed by atoms with Crippen molar-refractivity contribution in [1.82, 2.24) is 0 Å². The average molecular weight is 368 g/mol. The molecule has 0 saturated carbocycles. The third kappa shape index (κ3) is 3.98. The van der Waals surface area contributed by atoms with Crippen molar-refractivity contribution in [3.63, 3.8) is 0 Å². The van der Waals surface area contributed by atoms with Crippen LogP contribution in [0.2, 0.25) is 0 Å². The number of aliphatic hydroxyl groups is 1. The van der Waals surface area contributed by atoms with Crippen LogP contribution in [0.3, 0.4) is 0 Å². The molecule has 0 fully saturated rings. The van der Waals surface area contributed by atoms with Crippen LogP contribution in [-0.2, 0) is 9.36 Å². The summed E-state index contributed by atoms with van der Waals surface area (Å²) in [6.07, 6.45) is 1.01. The second-order valence-electron chi connectivity index (χ2n) is 5.54. The van der Waals surface area contributed by atoms with Gasteiger partial charge in [-0.2, -0.15) is 0 Å². The Balaban J connectivity index is 1.95. The van der Waals surface area contributed by atoms with Crippen molar-refractivity contribution in [2.75, 3.05) is 6.16 Å². The molecule has 0 saturated heterocycles. The quantitative estimate of drug-likeness (QED) is 0.402. The van der Waals surface area contributed by atoms with E-state index in [4.69, 9.17) is 0 Å². The number of thiophene rings is 1. The first-order chi connectivity index (χ1) is 12.1. The van der Waals surface area contributed by atoms with Crippen molar-refractivity contribution in [1.29, 1.82) is 0 Å². The number of aliphatic hydroxyl groups excluding tert-OH is 1. The van der Waals surface area contributed by atoms with Crippen LogP contribution in [0.1, 0.15) is 4.88 Å². The Morgan fingerprint density at radius 3 is 1.96 bits per heavy atom. The normalized spacial score (nSPS) is 12.1. The molecule has 25 heavy (non-hydrogen) atoms. The average Bonchev–Trinajstić information content (AvgIpc) is 3.18. The van der Waals surface area contributed by atoms with E-state index < -0.39 is 7.14 Å². The molecular formula is C20H17O3PS. The van der Waals surface area contributed by atoms with E-state index in [0.29, 0.717) is 15.5 Å². The number of benzene rings is 2. The minimum Gasteiger partial charge on any atom is -0.506 e. The van der Waals surface area contributed by atoms with Gasteiger partial charge in [0.25, 0.3) is 0 Å². The molecule has 0 radical (unpaired) electrons. The lowest BCUT2D eigenvalue weighted by Crippen LogP contribution is -2.21. The SMILES string of the molecule is O=C(C=C(O)c1cccs1)CP(=O)(c1ccccc1)c1ccccc1. The third-order valence-corrected chi connectivity index (χ3v) is 7.71. The molecule has 0 spiro atoms. The number of ketones is 1. The van der Waals surface area contributed by atoms with Crippen LogP contribution in [-0.4, -0.2) is 17.1 Å². The Morgan fingerprint density at radius 1 is 0.920 bits per heavy atom. The molecular weight excluding hydrogens is 351 g/mol. The van der Waals surface area contributed by atoms with Crippen LogP contribution >= 0.6 is 18.5 Å².